The molecule has 1 aromatic heterocycles. The lowest BCUT2D eigenvalue weighted by atomic mass is 10.1. The molecule has 0 fully saturated rings. The van der Waals surface area contributed by atoms with Crippen LogP contribution in [0.3, 0.4) is 0 Å². The van der Waals surface area contributed by atoms with E-state index >= 15 is 0 Å². The van der Waals surface area contributed by atoms with Gasteiger partial charge in [0, 0.05) is 14.4 Å². The van der Waals surface area contributed by atoms with Crippen molar-refractivity contribution in [2.45, 2.75) is 6.04 Å². The number of thiophene rings is 1. The summed E-state index contributed by atoms with van der Waals surface area (Å²) in [5.41, 5.74) is 0.515. The third-order valence-corrected chi connectivity index (χ3v) is 4.81. The smallest absolute Gasteiger partial charge is 0.160 e. The minimum absolute atomic E-state index is 0.202. The molecule has 96 valence electrons. The van der Waals surface area contributed by atoms with Crippen molar-refractivity contribution in [1.29, 1.82) is 0 Å². The summed E-state index contributed by atoms with van der Waals surface area (Å²) in [6.07, 6.45) is 0. The van der Waals surface area contributed by atoms with Crippen LogP contribution in [0.4, 0.5) is 8.78 Å². The molecule has 0 radical (unpaired) electrons. The highest BCUT2D eigenvalue weighted by Gasteiger charge is 2.21. The molecule has 0 bridgehead atoms. The molecule has 2 aromatic rings. The number of hydrogen-bond donors (Lipinski definition) is 1. The van der Waals surface area contributed by atoms with Gasteiger partial charge in [-0.05, 0) is 52.1 Å². The fourth-order valence-electron chi connectivity index (χ4n) is 1.70. The second-order valence-corrected chi connectivity index (χ2v) is 5.85. The van der Waals surface area contributed by atoms with E-state index in [0.717, 1.165) is 21.5 Å². The summed E-state index contributed by atoms with van der Waals surface area (Å²) in [6.45, 7) is 0. The molecule has 0 saturated carbocycles. The monoisotopic (exact) mass is 351 g/mol. The lowest BCUT2D eigenvalue weighted by molar-refractivity contribution is 0.505. The Morgan fingerprint density at radius 3 is 2.56 bits per heavy atom. The first kappa shape index (κ1) is 13.9. The van der Waals surface area contributed by atoms with Crippen molar-refractivity contribution in [2.75, 3.05) is 7.05 Å². The molecule has 0 aliphatic heterocycles. The van der Waals surface area contributed by atoms with Crippen molar-refractivity contribution in [3.63, 3.8) is 0 Å². The summed E-state index contributed by atoms with van der Waals surface area (Å²) in [5.74, 6) is -1.84. The van der Waals surface area contributed by atoms with E-state index in [4.69, 9.17) is 11.6 Å². The van der Waals surface area contributed by atoms with Crippen LogP contribution in [0.25, 0.3) is 0 Å². The normalized spacial score (nSPS) is 12.7. The van der Waals surface area contributed by atoms with E-state index < -0.39 is 11.6 Å². The number of rotatable bonds is 3. The first-order chi connectivity index (χ1) is 8.54. The van der Waals surface area contributed by atoms with Crippen molar-refractivity contribution in [3.8, 4) is 0 Å². The predicted molar refractivity (Wildman–Crippen MR) is 74.3 cm³/mol. The Morgan fingerprint density at radius 1 is 1.33 bits per heavy atom. The van der Waals surface area contributed by atoms with E-state index in [1.807, 2.05) is 11.4 Å². The average Bonchev–Trinajstić information content (AvgIpc) is 2.73. The maximum absolute atomic E-state index is 13.3. The average molecular weight is 353 g/mol. The first-order valence-corrected chi connectivity index (χ1v) is 7.14. The minimum Gasteiger partial charge on any atom is -0.309 e. The molecule has 0 amide bonds. The molecule has 6 heteroatoms. The fraction of sp³-hybridized carbons (Fsp3) is 0.167. The van der Waals surface area contributed by atoms with Gasteiger partial charge in [-0.3, -0.25) is 0 Å². The van der Waals surface area contributed by atoms with Gasteiger partial charge in [-0.15, -0.1) is 11.3 Å². The van der Waals surface area contributed by atoms with Gasteiger partial charge in [0.1, 0.15) is 0 Å². The van der Waals surface area contributed by atoms with Crippen molar-refractivity contribution in [3.05, 3.63) is 55.1 Å². The third-order valence-electron chi connectivity index (χ3n) is 2.55. The van der Waals surface area contributed by atoms with Crippen molar-refractivity contribution >= 4 is 38.9 Å². The van der Waals surface area contributed by atoms with Gasteiger partial charge >= 0.3 is 0 Å². The van der Waals surface area contributed by atoms with Crippen LogP contribution in [0.5, 0.6) is 0 Å². The number of nitrogens with one attached hydrogen (secondary N) is 1. The van der Waals surface area contributed by atoms with Gasteiger partial charge in [0.05, 0.1) is 6.04 Å². The molecule has 1 unspecified atom stereocenters. The Balaban J connectivity index is 2.52. The zero-order chi connectivity index (χ0) is 13.3. The zero-order valence-electron chi connectivity index (χ0n) is 9.31. The van der Waals surface area contributed by atoms with Crippen molar-refractivity contribution in [1.82, 2.24) is 5.32 Å². The van der Waals surface area contributed by atoms with Gasteiger partial charge in [-0.2, -0.15) is 0 Å². The van der Waals surface area contributed by atoms with Crippen LogP contribution in [0, 0.1) is 11.6 Å². The Bertz CT molecular complexity index is 573. The Labute approximate surface area is 121 Å². The molecule has 1 N–H and O–H groups in total. The third kappa shape index (κ3) is 2.59. The van der Waals surface area contributed by atoms with Crippen LogP contribution in [0.2, 0.25) is 5.02 Å². The van der Waals surface area contributed by atoms with Gasteiger partial charge in [-0.1, -0.05) is 11.6 Å². The molecule has 18 heavy (non-hydrogen) atoms. The molecule has 1 nitrogen and oxygen atoms in total. The highest BCUT2D eigenvalue weighted by Crippen LogP contribution is 2.36. The molecule has 2 rings (SSSR count). The molecule has 0 spiro atoms. The largest absolute Gasteiger partial charge is 0.309 e. The lowest BCUT2D eigenvalue weighted by Gasteiger charge is -2.17. The fourth-order valence-corrected chi connectivity index (χ4v) is 3.69. The van der Waals surface area contributed by atoms with Crippen LogP contribution in [-0.2, 0) is 0 Å². The molecule has 0 saturated heterocycles. The van der Waals surface area contributed by atoms with Crippen LogP contribution < -0.4 is 5.32 Å². The quantitative estimate of drug-likeness (QED) is 0.786. The summed E-state index contributed by atoms with van der Waals surface area (Å²) in [6, 6.07) is 3.75. The Hall–Kier alpha value is -0.490. The molecule has 0 aliphatic rings. The first-order valence-electron chi connectivity index (χ1n) is 5.09. The molecule has 1 heterocycles. The van der Waals surface area contributed by atoms with Crippen LogP contribution in [0.15, 0.2) is 28.1 Å². The van der Waals surface area contributed by atoms with Gasteiger partial charge in [-0.25, -0.2) is 8.78 Å². The summed E-state index contributed by atoms with van der Waals surface area (Å²) >= 11 is 10.9. The number of benzene rings is 1. The van der Waals surface area contributed by atoms with E-state index in [2.05, 4.69) is 21.2 Å². The van der Waals surface area contributed by atoms with E-state index in [0.29, 0.717) is 5.56 Å². The van der Waals surface area contributed by atoms with Crippen LogP contribution in [-0.4, -0.2) is 7.05 Å². The standard InChI is InChI=1S/C12H9BrClF2NS/c1-17-11(12-7(13)2-3-18-12)6-4-9(15)10(16)5-8(6)14/h2-5,11,17H,1H3. The van der Waals surface area contributed by atoms with Gasteiger partial charge < -0.3 is 5.32 Å². The van der Waals surface area contributed by atoms with Gasteiger partial charge in [0.25, 0.3) is 0 Å². The maximum atomic E-state index is 13.3. The van der Waals surface area contributed by atoms with E-state index in [1.54, 1.807) is 7.05 Å². The minimum atomic E-state index is -0.941. The summed E-state index contributed by atoms with van der Waals surface area (Å²) in [7, 11) is 1.74. The van der Waals surface area contributed by atoms with Crippen molar-refractivity contribution in [2.24, 2.45) is 0 Å². The summed E-state index contributed by atoms with van der Waals surface area (Å²) in [4.78, 5) is 0.963. The molecular weight excluding hydrogens is 344 g/mol. The molecule has 0 aliphatic carbocycles. The van der Waals surface area contributed by atoms with E-state index in [1.165, 1.54) is 11.3 Å². The van der Waals surface area contributed by atoms with E-state index in [-0.39, 0.29) is 11.1 Å². The molecule has 1 atom stereocenters. The second-order valence-electron chi connectivity index (χ2n) is 3.64. The Kier molecular flexibility index (Phi) is 4.37. The molecular formula is C12H9BrClF2NS. The van der Waals surface area contributed by atoms with Crippen molar-refractivity contribution < 1.29 is 8.78 Å². The van der Waals surface area contributed by atoms with Crippen LogP contribution in [0.1, 0.15) is 16.5 Å². The topological polar surface area (TPSA) is 12.0 Å². The predicted octanol–water partition coefficient (Wildman–Crippen LogP) is 4.75. The molecule has 1 aromatic carbocycles. The highest BCUT2D eigenvalue weighted by atomic mass is 79.9. The van der Waals surface area contributed by atoms with Gasteiger partial charge in [0.2, 0.25) is 0 Å². The second kappa shape index (κ2) is 5.65. The van der Waals surface area contributed by atoms with Crippen LogP contribution >= 0.6 is 38.9 Å². The SMILES string of the molecule is CNC(c1cc(F)c(F)cc1Cl)c1sccc1Br. The highest BCUT2D eigenvalue weighted by molar-refractivity contribution is 9.10. The van der Waals surface area contributed by atoms with Gasteiger partial charge in [0.15, 0.2) is 11.6 Å². The number of halogens is 4. The zero-order valence-corrected chi connectivity index (χ0v) is 12.5. The lowest BCUT2D eigenvalue weighted by Crippen LogP contribution is -2.17. The maximum Gasteiger partial charge on any atom is 0.160 e. The number of hydrogen-bond acceptors (Lipinski definition) is 2. The van der Waals surface area contributed by atoms with E-state index in [9.17, 15) is 8.78 Å². The summed E-state index contributed by atoms with van der Waals surface area (Å²) < 4.78 is 27.3. The summed E-state index contributed by atoms with van der Waals surface area (Å²) in [5, 5.41) is 5.17. The Morgan fingerprint density at radius 2 is 2.00 bits per heavy atom.